The zero-order valence-corrected chi connectivity index (χ0v) is 19.6. The summed E-state index contributed by atoms with van der Waals surface area (Å²) in [7, 11) is 0. The molecule has 0 aliphatic carbocycles. The number of hydrogen-bond donors (Lipinski definition) is 1. The summed E-state index contributed by atoms with van der Waals surface area (Å²) in [6.07, 6.45) is 2.99. The second-order valence-electron chi connectivity index (χ2n) is 9.27. The second kappa shape index (κ2) is 9.92. The van der Waals surface area contributed by atoms with E-state index in [1.165, 1.54) is 0 Å². The molecule has 0 saturated carbocycles. The summed E-state index contributed by atoms with van der Waals surface area (Å²) < 4.78 is 11.3. The molecule has 0 aromatic heterocycles. The summed E-state index contributed by atoms with van der Waals surface area (Å²) in [6.45, 7) is 6.71. The number of nitrogens with one attached hydrogen (secondary N) is 1. The van der Waals surface area contributed by atoms with Gasteiger partial charge in [0.25, 0.3) is 12.4 Å². The van der Waals surface area contributed by atoms with E-state index in [0.29, 0.717) is 49.5 Å². The first-order valence-corrected chi connectivity index (χ1v) is 12.0. The number of carbonyl (C=O) groups excluding carboxylic acids is 3. The quantitative estimate of drug-likeness (QED) is 0.591. The lowest BCUT2D eigenvalue weighted by atomic mass is 10.0. The van der Waals surface area contributed by atoms with Gasteiger partial charge in [-0.15, -0.1) is 0 Å². The van der Waals surface area contributed by atoms with Crippen molar-refractivity contribution in [2.45, 2.75) is 57.6 Å². The lowest BCUT2D eigenvalue weighted by Gasteiger charge is -2.31. The molecule has 182 valence electrons. The van der Waals surface area contributed by atoms with E-state index in [1.807, 2.05) is 24.3 Å². The molecule has 3 heterocycles. The molecule has 0 bridgehead atoms. The molecule has 2 aromatic rings. The standard InChI is InChI=1S/C27H29N3O5/c1-18-7-12-23(26(32)28-18)30-15-22-21(27(30)33)4-2-5-24(22)34-16-20-10-8-19(9-11-20)14-29-13-3-6-25(29)35-17-31/h2,4-5,8-11,17,23,25H,1,3,6-7,12-16H2,(H,28,32)/t23?,25-/m0/s1. The van der Waals surface area contributed by atoms with Gasteiger partial charge >= 0.3 is 0 Å². The summed E-state index contributed by atoms with van der Waals surface area (Å²) in [5.74, 6) is 0.346. The van der Waals surface area contributed by atoms with E-state index in [-0.39, 0.29) is 18.0 Å². The smallest absolute Gasteiger partial charge is 0.294 e. The van der Waals surface area contributed by atoms with Crippen LogP contribution < -0.4 is 10.1 Å². The Balaban J connectivity index is 1.22. The van der Waals surface area contributed by atoms with Crippen molar-refractivity contribution in [1.29, 1.82) is 0 Å². The van der Waals surface area contributed by atoms with Crippen LogP contribution in [0.1, 0.15) is 52.7 Å². The summed E-state index contributed by atoms with van der Waals surface area (Å²) in [4.78, 5) is 40.0. The third-order valence-electron chi connectivity index (χ3n) is 6.97. The molecule has 8 heteroatoms. The Morgan fingerprint density at radius 1 is 1.09 bits per heavy atom. The normalized spacial score (nSPS) is 22.2. The van der Waals surface area contributed by atoms with Gasteiger partial charge in [-0.1, -0.05) is 36.9 Å². The average Bonchev–Trinajstić information content (AvgIpc) is 3.43. The van der Waals surface area contributed by atoms with E-state index in [0.717, 1.165) is 42.6 Å². The molecular weight excluding hydrogens is 446 g/mol. The highest BCUT2D eigenvalue weighted by atomic mass is 16.5. The van der Waals surface area contributed by atoms with Gasteiger partial charge < -0.3 is 19.7 Å². The number of carbonyl (C=O) groups is 3. The first-order chi connectivity index (χ1) is 17.0. The molecule has 3 aliphatic heterocycles. The highest BCUT2D eigenvalue weighted by Gasteiger charge is 2.39. The molecule has 2 amide bonds. The van der Waals surface area contributed by atoms with Crippen LogP contribution >= 0.6 is 0 Å². The summed E-state index contributed by atoms with van der Waals surface area (Å²) in [5.41, 5.74) is 4.26. The van der Waals surface area contributed by atoms with Crippen LogP contribution in [0.15, 0.2) is 54.7 Å². The Morgan fingerprint density at radius 2 is 1.89 bits per heavy atom. The van der Waals surface area contributed by atoms with Crippen LogP contribution in [0.3, 0.4) is 0 Å². The maximum atomic E-state index is 13.0. The van der Waals surface area contributed by atoms with Crippen molar-refractivity contribution in [3.8, 4) is 5.75 Å². The first kappa shape index (κ1) is 23.1. The number of piperidine rings is 1. The SMILES string of the molecule is C=C1CCC(N2Cc3c(OCc4ccc(CN5CCC[C@@H]5OC=O)cc4)cccc3C2=O)C(=O)N1. The van der Waals surface area contributed by atoms with E-state index in [1.54, 1.807) is 11.0 Å². The lowest BCUT2D eigenvalue weighted by molar-refractivity contribution is -0.141. The van der Waals surface area contributed by atoms with Gasteiger partial charge in [0.1, 0.15) is 18.4 Å². The van der Waals surface area contributed by atoms with E-state index < -0.39 is 6.04 Å². The zero-order valence-electron chi connectivity index (χ0n) is 19.6. The average molecular weight is 476 g/mol. The molecule has 2 aromatic carbocycles. The minimum absolute atomic E-state index is 0.138. The minimum Gasteiger partial charge on any atom is -0.489 e. The third-order valence-corrected chi connectivity index (χ3v) is 6.97. The number of rotatable bonds is 8. The fourth-order valence-corrected chi connectivity index (χ4v) is 5.10. The number of benzene rings is 2. The van der Waals surface area contributed by atoms with Crippen LogP contribution in [0.2, 0.25) is 0 Å². The van der Waals surface area contributed by atoms with Gasteiger partial charge in [-0.3, -0.25) is 19.3 Å². The number of allylic oxidation sites excluding steroid dienone is 1. The largest absolute Gasteiger partial charge is 0.489 e. The second-order valence-corrected chi connectivity index (χ2v) is 9.27. The van der Waals surface area contributed by atoms with E-state index >= 15 is 0 Å². The number of amides is 2. The molecule has 1 N–H and O–H groups in total. The van der Waals surface area contributed by atoms with Gasteiger partial charge in [0, 0.05) is 29.9 Å². The Bertz CT molecular complexity index is 1150. The van der Waals surface area contributed by atoms with Crippen LogP contribution in [-0.2, 0) is 34.0 Å². The van der Waals surface area contributed by atoms with Crippen LogP contribution in [0, 0.1) is 0 Å². The van der Waals surface area contributed by atoms with E-state index in [4.69, 9.17) is 9.47 Å². The van der Waals surface area contributed by atoms with Crippen LogP contribution in [0.4, 0.5) is 0 Å². The van der Waals surface area contributed by atoms with Gasteiger partial charge in [0.05, 0.1) is 6.54 Å². The van der Waals surface area contributed by atoms with E-state index in [2.05, 4.69) is 28.9 Å². The monoisotopic (exact) mass is 475 g/mol. The molecule has 0 radical (unpaired) electrons. The first-order valence-electron chi connectivity index (χ1n) is 12.0. The number of fused-ring (bicyclic) bond motifs is 1. The predicted octanol–water partition coefficient (Wildman–Crippen LogP) is 3.11. The van der Waals surface area contributed by atoms with Crippen molar-refractivity contribution in [2.24, 2.45) is 0 Å². The van der Waals surface area contributed by atoms with Gasteiger partial charge in [-0.25, -0.2) is 0 Å². The van der Waals surface area contributed by atoms with Gasteiger partial charge in [0.2, 0.25) is 5.91 Å². The Morgan fingerprint density at radius 3 is 2.66 bits per heavy atom. The highest BCUT2D eigenvalue weighted by Crippen LogP contribution is 2.34. The fourth-order valence-electron chi connectivity index (χ4n) is 5.10. The number of nitrogens with zero attached hydrogens (tertiary/aromatic N) is 2. The number of hydrogen-bond acceptors (Lipinski definition) is 6. The van der Waals surface area contributed by atoms with Crippen LogP contribution in [-0.4, -0.2) is 46.9 Å². The third kappa shape index (κ3) is 4.79. The van der Waals surface area contributed by atoms with Gasteiger partial charge in [-0.2, -0.15) is 0 Å². The van der Waals surface area contributed by atoms with Crippen molar-refractivity contribution < 1.29 is 23.9 Å². The summed E-state index contributed by atoms with van der Waals surface area (Å²) >= 11 is 0. The Labute approximate surface area is 204 Å². The molecule has 1 unspecified atom stereocenters. The molecule has 35 heavy (non-hydrogen) atoms. The fraction of sp³-hybridized carbons (Fsp3) is 0.370. The van der Waals surface area contributed by atoms with Crippen LogP contribution in [0.5, 0.6) is 5.75 Å². The lowest BCUT2D eigenvalue weighted by Crippen LogP contribution is -2.49. The maximum absolute atomic E-state index is 13.0. The van der Waals surface area contributed by atoms with E-state index in [9.17, 15) is 14.4 Å². The summed E-state index contributed by atoms with van der Waals surface area (Å²) in [6, 6.07) is 13.2. The summed E-state index contributed by atoms with van der Waals surface area (Å²) in [5, 5.41) is 2.77. The van der Waals surface area contributed by atoms with Crippen molar-refractivity contribution in [1.82, 2.24) is 15.1 Å². The molecule has 0 spiro atoms. The predicted molar refractivity (Wildman–Crippen MR) is 128 cm³/mol. The highest BCUT2D eigenvalue weighted by molar-refractivity contribution is 6.02. The topological polar surface area (TPSA) is 88.2 Å². The van der Waals surface area contributed by atoms with Gasteiger partial charge in [-0.05, 0) is 48.9 Å². The number of likely N-dealkylation sites (tertiary alicyclic amines) is 1. The van der Waals surface area contributed by atoms with Crippen molar-refractivity contribution in [3.05, 3.63) is 77.0 Å². The molecular formula is C27H29N3O5. The Kier molecular flexibility index (Phi) is 6.55. The molecule has 2 fully saturated rings. The van der Waals surface area contributed by atoms with Crippen molar-refractivity contribution in [3.63, 3.8) is 0 Å². The molecule has 8 nitrogen and oxygen atoms in total. The minimum atomic E-state index is -0.493. The molecule has 3 aliphatic rings. The zero-order chi connectivity index (χ0) is 24.4. The molecule has 2 atom stereocenters. The number of ether oxygens (including phenoxy) is 2. The Hall–Kier alpha value is -3.65. The molecule has 2 saturated heterocycles. The van der Waals surface area contributed by atoms with Crippen molar-refractivity contribution >= 4 is 18.3 Å². The maximum Gasteiger partial charge on any atom is 0.294 e. The van der Waals surface area contributed by atoms with Crippen LogP contribution in [0.25, 0.3) is 0 Å². The van der Waals surface area contributed by atoms with Crippen molar-refractivity contribution in [2.75, 3.05) is 6.54 Å². The molecule has 5 rings (SSSR count). The van der Waals surface area contributed by atoms with Gasteiger partial charge in [0.15, 0.2) is 6.23 Å².